The van der Waals surface area contributed by atoms with Crippen LogP contribution >= 0.6 is 22.9 Å². The number of methoxy groups -OCH3 is 1. The van der Waals surface area contributed by atoms with E-state index < -0.39 is 41.2 Å². The SMILES string of the molecule is COc1cc(Cl)cc2sc(C(C)(C)NC(=O)Nc3ccc4c(c3F)CN(C3CCC(=O)NC3=O)C4=O)nc12. The van der Waals surface area contributed by atoms with Gasteiger partial charge < -0.3 is 20.3 Å². The molecule has 2 aliphatic rings. The van der Waals surface area contributed by atoms with Gasteiger partial charge in [0, 0.05) is 28.6 Å². The van der Waals surface area contributed by atoms with Crippen LogP contribution in [0.2, 0.25) is 5.02 Å². The number of benzene rings is 2. The number of amides is 5. The lowest BCUT2D eigenvalue weighted by Gasteiger charge is -2.29. The molecule has 0 spiro atoms. The fraction of sp³-hybridized carbons (Fsp3) is 0.320. The molecule has 13 heteroatoms. The van der Waals surface area contributed by atoms with Crippen LogP contribution in [0.3, 0.4) is 0 Å². The molecule has 0 aliphatic carbocycles. The second-order valence-electron chi connectivity index (χ2n) is 9.53. The molecule has 3 aromatic rings. The summed E-state index contributed by atoms with van der Waals surface area (Å²) in [5, 5.41) is 8.60. The molecule has 1 aromatic heterocycles. The lowest BCUT2D eigenvalue weighted by Crippen LogP contribution is -2.52. The number of carbonyl (C=O) groups excluding carboxylic acids is 4. The molecule has 5 amide bonds. The molecule has 10 nitrogen and oxygen atoms in total. The third-order valence-corrected chi connectivity index (χ3v) is 8.05. The smallest absolute Gasteiger partial charge is 0.320 e. The third kappa shape index (κ3) is 4.54. The second-order valence-corrected chi connectivity index (χ2v) is 11.0. The van der Waals surface area contributed by atoms with Gasteiger partial charge in [0.05, 0.1) is 29.6 Å². The molecule has 3 N–H and O–H groups in total. The van der Waals surface area contributed by atoms with Crippen molar-refractivity contribution in [2.24, 2.45) is 0 Å². The number of anilines is 1. The number of ether oxygens (including phenoxy) is 1. The zero-order valence-corrected chi connectivity index (χ0v) is 22.2. The summed E-state index contributed by atoms with van der Waals surface area (Å²) in [5.74, 6) is -1.75. The Balaban J connectivity index is 1.32. The van der Waals surface area contributed by atoms with E-state index in [0.717, 1.165) is 4.70 Å². The maximum absolute atomic E-state index is 15.4. The van der Waals surface area contributed by atoms with Crippen molar-refractivity contribution in [1.29, 1.82) is 0 Å². The third-order valence-electron chi connectivity index (χ3n) is 6.50. The van der Waals surface area contributed by atoms with Crippen molar-refractivity contribution in [3.63, 3.8) is 0 Å². The molecule has 198 valence electrons. The number of nitrogens with zero attached hydrogens (tertiary/aromatic N) is 2. The minimum atomic E-state index is -0.934. The Morgan fingerprint density at radius 3 is 2.76 bits per heavy atom. The summed E-state index contributed by atoms with van der Waals surface area (Å²) < 4.78 is 21.6. The second kappa shape index (κ2) is 9.52. The van der Waals surface area contributed by atoms with Gasteiger partial charge in [0.25, 0.3) is 5.91 Å². The van der Waals surface area contributed by atoms with Gasteiger partial charge in [-0.05, 0) is 38.5 Å². The van der Waals surface area contributed by atoms with Gasteiger partial charge in [0.15, 0.2) is 5.82 Å². The van der Waals surface area contributed by atoms with E-state index in [9.17, 15) is 19.2 Å². The number of urea groups is 1. The van der Waals surface area contributed by atoms with Crippen LogP contribution in [-0.4, -0.2) is 46.8 Å². The first-order valence-corrected chi connectivity index (χ1v) is 12.9. The Morgan fingerprint density at radius 2 is 2.05 bits per heavy atom. The highest BCUT2D eigenvalue weighted by atomic mass is 35.5. The summed E-state index contributed by atoms with van der Waals surface area (Å²) >= 11 is 7.50. The van der Waals surface area contributed by atoms with Crippen LogP contribution in [0, 0.1) is 5.82 Å². The van der Waals surface area contributed by atoms with E-state index in [-0.39, 0.29) is 36.2 Å². The van der Waals surface area contributed by atoms with Gasteiger partial charge in [-0.25, -0.2) is 14.2 Å². The van der Waals surface area contributed by atoms with Crippen molar-refractivity contribution in [3.05, 3.63) is 51.2 Å². The summed E-state index contributed by atoms with van der Waals surface area (Å²) in [7, 11) is 1.52. The van der Waals surface area contributed by atoms with Gasteiger partial charge in [-0.1, -0.05) is 11.6 Å². The lowest BCUT2D eigenvalue weighted by atomic mass is 10.0. The number of imide groups is 1. The van der Waals surface area contributed by atoms with Gasteiger partial charge in [0.2, 0.25) is 11.8 Å². The summed E-state index contributed by atoms with van der Waals surface area (Å²) in [4.78, 5) is 55.3. The molecule has 1 fully saturated rings. The number of carbonyl (C=O) groups is 4. The van der Waals surface area contributed by atoms with Gasteiger partial charge in [-0.15, -0.1) is 11.3 Å². The largest absolute Gasteiger partial charge is 0.494 e. The first-order chi connectivity index (χ1) is 18.0. The highest BCUT2D eigenvalue weighted by Gasteiger charge is 2.40. The molecule has 2 aromatic carbocycles. The van der Waals surface area contributed by atoms with E-state index in [2.05, 4.69) is 20.9 Å². The minimum Gasteiger partial charge on any atom is -0.494 e. The maximum atomic E-state index is 15.4. The summed E-state index contributed by atoms with van der Waals surface area (Å²) in [6.07, 6.45) is 0.259. The Bertz CT molecular complexity index is 1520. The van der Waals surface area contributed by atoms with Gasteiger partial charge in [-0.3, -0.25) is 19.7 Å². The van der Waals surface area contributed by atoms with Crippen LogP contribution in [0.25, 0.3) is 10.2 Å². The van der Waals surface area contributed by atoms with E-state index in [1.54, 1.807) is 26.0 Å². The molecule has 1 saturated heterocycles. The average molecular weight is 560 g/mol. The average Bonchev–Trinajstić information content (AvgIpc) is 3.42. The summed E-state index contributed by atoms with van der Waals surface area (Å²) in [5.41, 5.74) is -0.251. The van der Waals surface area contributed by atoms with E-state index in [4.69, 9.17) is 16.3 Å². The van der Waals surface area contributed by atoms with E-state index in [1.807, 2.05) is 0 Å². The van der Waals surface area contributed by atoms with E-state index >= 15 is 4.39 Å². The van der Waals surface area contributed by atoms with Crippen molar-refractivity contribution in [2.45, 2.75) is 44.8 Å². The van der Waals surface area contributed by atoms with Crippen LogP contribution in [-0.2, 0) is 21.7 Å². The van der Waals surface area contributed by atoms with Crippen LogP contribution in [0.5, 0.6) is 5.75 Å². The molecule has 38 heavy (non-hydrogen) atoms. The van der Waals surface area contributed by atoms with Crippen LogP contribution in [0.15, 0.2) is 24.3 Å². The molecule has 5 rings (SSSR count). The van der Waals surface area contributed by atoms with Crippen molar-refractivity contribution >= 4 is 62.6 Å². The van der Waals surface area contributed by atoms with E-state index in [1.165, 1.54) is 35.5 Å². The topological polar surface area (TPSA) is 130 Å². The van der Waals surface area contributed by atoms with Crippen molar-refractivity contribution in [2.75, 3.05) is 12.4 Å². The molecular formula is C25H23ClFN5O5S. The number of hydrogen-bond acceptors (Lipinski definition) is 7. The Morgan fingerprint density at radius 1 is 1.29 bits per heavy atom. The number of piperidine rings is 1. The predicted octanol–water partition coefficient (Wildman–Crippen LogP) is 3.92. The Kier molecular flexibility index (Phi) is 6.48. The molecule has 1 unspecified atom stereocenters. The molecule has 0 saturated carbocycles. The first-order valence-electron chi connectivity index (χ1n) is 11.7. The van der Waals surface area contributed by atoms with Gasteiger partial charge in [0.1, 0.15) is 22.3 Å². The van der Waals surface area contributed by atoms with Crippen molar-refractivity contribution in [1.82, 2.24) is 20.5 Å². The molecule has 3 heterocycles. The monoisotopic (exact) mass is 559 g/mol. The van der Waals surface area contributed by atoms with Gasteiger partial charge in [-0.2, -0.15) is 0 Å². The highest BCUT2D eigenvalue weighted by molar-refractivity contribution is 7.18. The van der Waals surface area contributed by atoms with Crippen LogP contribution in [0.1, 0.15) is 47.6 Å². The van der Waals surface area contributed by atoms with E-state index in [0.29, 0.717) is 21.3 Å². The molecule has 0 bridgehead atoms. The van der Waals surface area contributed by atoms with Crippen molar-refractivity contribution < 1.29 is 28.3 Å². The van der Waals surface area contributed by atoms with Crippen LogP contribution in [0.4, 0.5) is 14.9 Å². The lowest BCUT2D eigenvalue weighted by molar-refractivity contribution is -0.136. The zero-order chi connectivity index (χ0) is 27.4. The molecule has 1 atom stereocenters. The molecule has 2 aliphatic heterocycles. The number of thiazole rings is 1. The van der Waals surface area contributed by atoms with Crippen molar-refractivity contribution in [3.8, 4) is 5.75 Å². The normalized spacial score (nSPS) is 17.4. The minimum absolute atomic E-state index is 0.0758. The quantitative estimate of drug-likeness (QED) is 0.406. The number of halogens is 2. The fourth-order valence-electron chi connectivity index (χ4n) is 4.58. The standard InChI is InChI=1S/C25H23ClFN5O5S/c1-25(2,23-30-20-16(37-3)8-11(26)9-17(20)38-23)31-24(36)28-14-5-4-12-13(19(14)27)10-32(22(12)35)15-6-7-18(33)29-21(15)34/h4-5,8-9,15H,6-7,10H2,1-3H3,(H2,28,31,36)(H,29,33,34). The Hall–Kier alpha value is -3.77. The molecular weight excluding hydrogens is 537 g/mol. The summed E-state index contributed by atoms with van der Waals surface area (Å²) in [6, 6.07) is 4.59. The predicted molar refractivity (Wildman–Crippen MR) is 139 cm³/mol. The van der Waals surface area contributed by atoms with Crippen LogP contribution < -0.4 is 20.7 Å². The number of rotatable bonds is 5. The first kappa shape index (κ1) is 25.9. The summed E-state index contributed by atoms with van der Waals surface area (Å²) in [6.45, 7) is 3.37. The number of nitrogens with one attached hydrogen (secondary N) is 3. The molecule has 0 radical (unpaired) electrons. The fourth-order valence-corrected chi connectivity index (χ4v) is 5.93. The van der Waals surface area contributed by atoms with Gasteiger partial charge >= 0.3 is 6.03 Å². The number of hydrogen-bond donors (Lipinski definition) is 3. The number of fused-ring (bicyclic) bond motifs is 2. The zero-order valence-electron chi connectivity index (χ0n) is 20.6. The maximum Gasteiger partial charge on any atom is 0.320 e. The highest BCUT2D eigenvalue weighted by Crippen LogP contribution is 2.37. The Labute approximate surface area is 225 Å². The number of aromatic nitrogens is 1.